The molecule has 2 N–H and O–H groups in total. The van der Waals surface area contributed by atoms with Gasteiger partial charge in [0.15, 0.2) is 34.5 Å². The fraction of sp³-hybridized carbons (Fsp3) is 0. The molecule has 0 saturated carbocycles. The SMILES string of the molecule is Oc1ccc(O)cc1.[O-][Cl+3]([O-])([O-])[O-].[Rh].c1ccc(O[PH+](Oc2ccccc2)Oc2ccccc2)cc1.c1ccc(O[PH+](Oc2ccccc2)Oc2ccccc2)cc1. The van der Waals surface area contributed by atoms with Crippen LogP contribution in [0.4, 0.5) is 0 Å². The molecule has 58 heavy (non-hydrogen) atoms. The quantitative estimate of drug-likeness (QED) is 0.0751. The zero-order valence-electron chi connectivity index (χ0n) is 30.3. The Hall–Kier alpha value is -5.45. The second kappa shape index (κ2) is 26.5. The van der Waals surface area contributed by atoms with Crippen molar-refractivity contribution >= 4 is 17.2 Å². The molecule has 0 aromatic heterocycles. The molecule has 0 saturated heterocycles. The Kier molecular flexibility index (Phi) is 21.4. The fourth-order valence-corrected chi connectivity index (χ4v) is 6.31. The largest absolute Gasteiger partial charge is 0.528 e. The molecule has 7 aromatic rings. The van der Waals surface area contributed by atoms with E-state index in [1.165, 1.54) is 24.3 Å². The van der Waals surface area contributed by atoms with Crippen LogP contribution in [0.15, 0.2) is 206 Å². The van der Waals surface area contributed by atoms with E-state index in [9.17, 15) is 0 Å². The number of para-hydroxylation sites is 6. The molecular weight excluding hydrogens is 897 g/mol. The second-order valence-electron chi connectivity index (χ2n) is 10.9. The normalized spacial score (nSPS) is 10.0. The first-order chi connectivity index (χ1) is 27.6. The molecule has 0 spiro atoms. The van der Waals surface area contributed by atoms with Gasteiger partial charge in [-0.3, -0.25) is 27.1 Å². The van der Waals surface area contributed by atoms with Crippen LogP contribution in [0.1, 0.15) is 0 Å². The predicted octanol–water partition coefficient (Wildman–Crippen LogP) is 6.70. The van der Waals surface area contributed by atoms with Crippen molar-refractivity contribution in [3.8, 4) is 46.0 Å². The van der Waals surface area contributed by atoms with Crippen molar-refractivity contribution in [2.75, 3.05) is 0 Å². The van der Waals surface area contributed by atoms with Gasteiger partial charge in [0.1, 0.15) is 11.5 Å². The standard InChI is InChI=1S/2C18H16O3P.C6H6O2.ClHO4.Rh/c2*1-4-10-16(11-5-1)19-22(20-17-12-6-2-7-13-17)21-18-14-8-3-9-15-18;7-5-1-2-6(8)4-3-5;2-1(3,4)5;/h2*1-15,22H;1-4,7-8H;(H,2,3,4,5);/q2*+1;;;/p-1. The van der Waals surface area contributed by atoms with E-state index >= 15 is 0 Å². The van der Waals surface area contributed by atoms with Crippen LogP contribution in [0, 0.1) is 10.2 Å². The van der Waals surface area contributed by atoms with Gasteiger partial charge in [0.25, 0.3) is 0 Å². The number of hydrogen-bond acceptors (Lipinski definition) is 12. The van der Waals surface area contributed by atoms with Crippen molar-refractivity contribution < 1.29 is 85.7 Å². The maximum absolute atomic E-state index is 8.65. The summed E-state index contributed by atoms with van der Waals surface area (Å²) in [5.74, 6) is 4.69. The first-order valence-corrected chi connectivity index (χ1v) is 20.5. The first-order valence-electron chi connectivity index (χ1n) is 16.8. The molecule has 16 heteroatoms. The minimum Gasteiger partial charge on any atom is -0.508 e. The van der Waals surface area contributed by atoms with E-state index in [4.69, 9.17) is 56.0 Å². The van der Waals surface area contributed by atoms with Crippen LogP contribution in [0.3, 0.4) is 0 Å². The maximum Gasteiger partial charge on any atom is 0.528 e. The van der Waals surface area contributed by atoms with E-state index in [1.807, 2.05) is 182 Å². The van der Waals surface area contributed by atoms with E-state index in [0.29, 0.717) is 0 Å². The predicted molar refractivity (Wildman–Crippen MR) is 209 cm³/mol. The molecule has 0 amide bonds. The summed E-state index contributed by atoms with van der Waals surface area (Å²) < 4.78 is 69.3. The summed E-state index contributed by atoms with van der Waals surface area (Å²) in [6, 6.07) is 62.9. The maximum atomic E-state index is 8.65. The second-order valence-corrected chi connectivity index (χ2v) is 13.9. The topological polar surface area (TPSA) is 188 Å². The van der Waals surface area contributed by atoms with Crippen LogP contribution in [-0.4, -0.2) is 10.2 Å². The minimum atomic E-state index is -4.94. The van der Waals surface area contributed by atoms with Crippen molar-refractivity contribution in [3.63, 3.8) is 0 Å². The van der Waals surface area contributed by atoms with Gasteiger partial charge in [-0.05, 0) is 97.1 Å². The van der Waals surface area contributed by atoms with Gasteiger partial charge >= 0.3 is 17.2 Å². The Bertz CT molecular complexity index is 1710. The Morgan fingerprint density at radius 1 is 0.293 bits per heavy atom. The number of rotatable bonds is 12. The number of benzene rings is 7. The number of phenols is 2. The summed E-state index contributed by atoms with van der Waals surface area (Å²) in [5, 5.41) is 17.3. The van der Waals surface area contributed by atoms with Gasteiger partial charge in [0.2, 0.25) is 0 Å². The molecule has 0 aliphatic rings. The fourth-order valence-electron chi connectivity index (χ4n) is 4.09. The smallest absolute Gasteiger partial charge is 0.508 e. The molecule has 0 aliphatic carbocycles. The third kappa shape index (κ3) is 21.2. The third-order valence-electron chi connectivity index (χ3n) is 6.52. The molecule has 0 bridgehead atoms. The zero-order chi connectivity index (χ0) is 40.6. The van der Waals surface area contributed by atoms with E-state index in [1.54, 1.807) is 0 Å². The molecule has 0 unspecified atom stereocenters. The van der Waals surface area contributed by atoms with Gasteiger partial charge < -0.3 is 10.2 Å². The molecule has 0 atom stereocenters. The number of halogens is 1. The van der Waals surface area contributed by atoms with E-state index in [2.05, 4.69) is 0 Å². The van der Waals surface area contributed by atoms with E-state index < -0.39 is 27.4 Å². The summed E-state index contributed by atoms with van der Waals surface area (Å²) in [4.78, 5) is 0. The minimum absolute atomic E-state index is 0. The molecule has 0 aliphatic heterocycles. The summed E-state index contributed by atoms with van der Waals surface area (Å²) in [7, 11) is -8.95. The Balaban J connectivity index is 0.000000235. The molecule has 0 fully saturated rings. The summed E-state index contributed by atoms with van der Waals surface area (Å²) >= 11 is 0. The number of aromatic hydroxyl groups is 2. The van der Waals surface area contributed by atoms with Gasteiger partial charge in [-0.1, -0.05) is 109 Å². The average molecular weight is 935 g/mol. The summed E-state index contributed by atoms with van der Waals surface area (Å²) in [6.07, 6.45) is 0. The monoisotopic (exact) mass is 934 g/mol. The molecule has 7 aromatic carbocycles. The Morgan fingerprint density at radius 3 is 0.569 bits per heavy atom. The van der Waals surface area contributed by atoms with Crippen LogP contribution < -0.4 is 45.8 Å². The van der Waals surface area contributed by atoms with Gasteiger partial charge in [-0.2, -0.15) is 0 Å². The zero-order valence-corrected chi connectivity index (χ0v) is 34.7. The van der Waals surface area contributed by atoms with Crippen LogP contribution in [0.2, 0.25) is 0 Å². The number of phenolic OH excluding ortho intramolecular Hbond substituents is 2. The van der Waals surface area contributed by atoms with Crippen LogP contribution in [-0.2, 0) is 19.5 Å². The third-order valence-corrected chi connectivity index (χ3v) is 8.93. The molecule has 12 nitrogen and oxygen atoms in total. The van der Waals surface area contributed by atoms with Crippen molar-refractivity contribution in [2.24, 2.45) is 0 Å². The van der Waals surface area contributed by atoms with Gasteiger partial charge in [-0.15, -0.1) is 10.2 Å². The van der Waals surface area contributed by atoms with Crippen molar-refractivity contribution in [1.29, 1.82) is 0 Å². The van der Waals surface area contributed by atoms with E-state index in [0.717, 1.165) is 34.5 Å². The van der Waals surface area contributed by atoms with Crippen molar-refractivity contribution in [3.05, 3.63) is 206 Å². The first kappa shape index (κ1) is 46.9. The molecular formula is C42H38ClO12P2Rh+. The average Bonchev–Trinajstić information content (AvgIpc) is 3.21. The summed E-state index contributed by atoms with van der Waals surface area (Å²) in [6.45, 7) is 0. The number of hydrogen-bond donors (Lipinski definition) is 2. The van der Waals surface area contributed by atoms with Crippen molar-refractivity contribution in [2.45, 2.75) is 0 Å². The Labute approximate surface area is 353 Å². The molecule has 303 valence electrons. The van der Waals surface area contributed by atoms with Crippen molar-refractivity contribution in [1.82, 2.24) is 0 Å². The molecule has 0 heterocycles. The van der Waals surface area contributed by atoms with Crippen LogP contribution in [0.25, 0.3) is 0 Å². The van der Waals surface area contributed by atoms with Crippen LogP contribution in [0.5, 0.6) is 46.0 Å². The Morgan fingerprint density at radius 2 is 0.431 bits per heavy atom. The van der Waals surface area contributed by atoms with Crippen LogP contribution >= 0.6 is 17.2 Å². The van der Waals surface area contributed by atoms with Gasteiger partial charge in [0, 0.05) is 19.5 Å². The van der Waals surface area contributed by atoms with E-state index in [-0.39, 0.29) is 31.0 Å². The molecule has 1 radical (unpaired) electrons. The van der Waals surface area contributed by atoms with Gasteiger partial charge in [-0.25, -0.2) is 18.6 Å². The van der Waals surface area contributed by atoms with Gasteiger partial charge in [0.05, 0.1) is 0 Å². The molecule has 7 rings (SSSR count). The summed E-state index contributed by atoms with van der Waals surface area (Å²) in [5.41, 5.74) is 0.